The van der Waals surface area contributed by atoms with Crippen LogP contribution in [0.1, 0.15) is 77.6 Å². The van der Waals surface area contributed by atoms with Crippen LogP contribution in [0.3, 0.4) is 0 Å². The molecule has 0 saturated heterocycles. The average Bonchev–Trinajstić information content (AvgIpc) is 2.66. The zero-order valence-corrected chi connectivity index (χ0v) is 19.2. The van der Waals surface area contributed by atoms with Crippen molar-refractivity contribution in [2.45, 2.75) is 83.6 Å². The predicted molar refractivity (Wildman–Crippen MR) is 119 cm³/mol. The number of carbonyl (C=O) groups is 4. The second kappa shape index (κ2) is 18.4. The summed E-state index contributed by atoms with van der Waals surface area (Å²) in [6, 6.07) is -0.574. The van der Waals surface area contributed by atoms with Crippen LogP contribution in [0, 0.1) is 0 Å². The molecule has 10 heteroatoms. The lowest BCUT2D eigenvalue weighted by atomic mass is 10.0. The SMILES string of the molecule is CCCCCCCCCCCCC(CN(CC(=O)O)CC(=O)O)N(CC(=O)O)CC(=O)O. The normalized spacial score (nSPS) is 12.2. The minimum absolute atomic E-state index is 0.0312. The highest BCUT2D eigenvalue weighted by Crippen LogP contribution is 2.15. The highest BCUT2D eigenvalue weighted by atomic mass is 16.4. The third kappa shape index (κ3) is 17.5. The van der Waals surface area contributed by atoms with Gasteiger partial charge < -0.3 is 20.4 Å². The Labute approximate surface area is 190 Å². The van der Waals surface area contributed by atoms with Crippen LogP contribution in [-0.2, 0) is 19.2 Å². The fourth-order valence-corrected chi connectivity index (χ4v) is 3.78. The Hall–Kier alpha value is -2.20. The molecule has 0 aromatic carbocycles. The van der Waals surface area contributed by atoms with Crippen molar-refractivity contribution in [1.29, 1.82) is 0 Å². The Kier molecular flexibility index (Phi) is 17.1. The van der Waals surface area contributed by atoms with E-state index in [0.717, 1.165) is 25.7 Å². The number of carboxylic acids is 4. The van der Waals surface area contributed by atoms with Crippen molar-refractivity contribution in [1.82, 2.24) is 9.80 Å². The van der Waals surface area contributed by atoms with Crippen molar-refractivity contribution in [2.24, 2.45) is 0 Å². The molecule has 0 aromatic rings. The monoisotopic (exact) mass is 460 g/mol. The van der Waals surface area contributed by atoms with Crippen LogP contribution in [0.2, 0.25) is 0 Å². The summed E-state index contributed by atoms with van der Waals surface area (Å²) in [5, 5.41) is 36.5. The van der Waals surface area contributed by atoms with Gasteiger partial charge in [0, 0.05) is 12.6 Å². The molecule has 0 radical (unpaired) electrons. The molecule has 1 atom stereocenters. The van der Waals surface area contributed by atoms with Crippen LogP contribution < -0.4 is 0 Å². The first kappa shape index (κ1) is 29.8. The predicted octanol–water partition coefficient (Wildman–Crippen LogP) is 2.61. The van der Waals surface area contributed by atoms with Gasteiger partial charge in [-0.25, -0.2) is 0 Å². The molecule has 0 rings (SSSR count). The number of carboxylic acid groups (broad SMARTS) is 4. The van der Waals surface area contributed by atoms with Crippen LogP contribution in [0.15, 0.2) is 0 Å². The Morgan fingerprint density at radius 1 is 0.594 bits per heavy atom. The summed E-state index contributed by atoms with van der Waals surface area (Å²) in [5.74, 6) is -4.79. The summed E-state index contributed by atoms with van der Waals surface area (Å²) in [4.78, 5) is 47.2. The van der Waals surface area contributed by atoms with E-state index >= 15 is 0 Å². The van der Waals surface area contributed by atoms with Gasteiger partial charge >= 0.3 is 23.9 Å². The Morgan fingerprint density at radius 2 is 0.969 bits per heavy atom. The number of hydrogen-bond donors (Lipinski definition) is 4. The maximum absolute atomic E-state index is 11.2. The van der Waals surface area contributed by atoms with E-state index in [4.69, 9.17) is 10.2 Å². The molecule has 0 aliphatic carbocycles. The Morgan fingerprint density at radius 3 is 1.34 bits per heavy atom. The van der Waals surface area contributed by atoms with Crippen LogP contribution in [0.5, 0.6) is 0 Å². The van der Waals surface area contributed by atoms with Gasteiger partial charge in [-0.1, -0.05) is 71.1 Å². The summed E-state index contributed by atoms with van der Waals surface area (Å²) >= 11 is 0. The Bertz CT molecular complexity index is 538. The van der Waals surface area contributed by atoms with Crippen molar-refractivity contribution < 1.29 is 39.6 Å². The lowest BCUT2D eigenvalue weighted by molar-refractivity contribution is -0.146. The van der Waals surface area contributed by atoms with Gasteiger partial charge in [-0.15, -0.1) is 0 Å². The van der Waals surface area contributed by atoms with Gasteiger partial charge in [0.1, 0.15) is 0 Å². The first-order valence-corrected chi connectivity index (χ1v) is 11.5. The molecule has 0 aromatic heterocycles. The maximum Gasteiger partial charge on any atom is 0.317 e. The molecular weight excluding hydrogens is 420 g/mol. The van der Waals surface area contributed by atoms with E-state index in [-0.39, 0.29) is 6.54 Å². The standard InChI is InChI=1S/C22H40N2O8/c1-2-3-4-5-6-7-8-9-10-11-12-18(24(16-21(29)30)17-22(31)32)13-23(14-19(25)26)15-20(27)28/h18H,2-17H2,1H3,(H,25,26)(H,27,28)(H,29,30)(H,31,32). The van der Waals surface area contributed by atoms with Crippen LogP contribution in [-0.4, -0.2) is 92.9 Å². The zero-order chi connectivity index (χ0) is 24.4. The van der Waals surface area contributed by atoms with Crippen LogP contribution in [0.25, 0.3) is 0 Å². The van der Waals surface area contributed by atoms with E-state index in [1.165, 1.54) is 48.3 Å². The molecule has 10 nitrogen and oxygen atoms in total. The number of nitrogens with zero attached hydrogens (tertiary/aromatic N) is 2. The fourth-order valence-electron chi connectivity index (χ4n) is 3.78. The van der Waals surface area contributed by atoms with Crippen molar-refractivity contribution in [3.63, 3.8) is 0 Å². The van der Waals surface area contributed by atoms with E-state index < -0.39 is 56.1 Å². The molecule has 0 spiro atoms. The lowest BCUT2D eigenvalue weighted by Gasteiger charge is -2.33. The van der Waals surface area contributed by atoms with Gasteiger partial charge in [0.2, 0.25) is 0 Å². The second-order valence-electron chi connectivity index (χ2n) is 8.27. The summed E-state index contributed by atoms with van der Waals surface area (Å²) in [5.41, 5.74) is 0. The summed E-state index contributed by atoms with van der Waals surface area (Å²) in [7, 11) is 0. The molecular formula is C22H40N2O8. The van der Waals surface area contributed by atoms with E-state index in [9.17, 15) is 29.4 Å². The quantitative estimate of drug-likeness (QED) is 0.177. The maximum atomic E-state index is 11.2. The minimum atomic E-state index is -1.20. The molecule has 0 amide bonds. The lowest BCUT2D eigenvalue weighted by Crippen LogP contribution is -2.50. The van der Waals surface area contributed by atoms with Crippen molar-refractivity contribution in [3.05, 3.63) is 0 Å². The van der Waals surface area contributed by atoms with E-state index in [1.54, 1.807) is 0 Å². The highest BCUT2D eigenvalue weighted by Gasteiger charge is 2.26. The third-order valence-corrected chi connectivity index (χ3v) is 5.27. The molecule has 4 N–H and O–H groups in total. The van der Waals surface area contributed by atoms with Crippen molar-refractivity contribution >= 4 is 23.9 Å². The van der Waals surface area contributed by atoms with Crippen LogP contribution in [0.4, 0.5) is 0 Å². The molecule has 0 aliphatic rings. The number of hydrogen-bond acceptors (Lipinski definition) is 6. The van der Waals surface area contributed by atoms with Crippen molar-refractivity contribution in [3.8, 4) is 0 Å². The molecule has 0 saturated carbocycles. The summed E-state index contributed by atoms with van der Waals surface area (Å²) in [6.07, 6.45) is 11.6. The van der Waals surface area contributed by atoms with Crippen molar-refractivity contribution in [2.75, 3.05) is 32.7 Å². The minimum Gasteiger partial charge on any atom is -0.480 e. The molecule has 0 fully saturated rings. The number of rotatable bonds is 22. The molecule has 0 aliphatic heterocycles. The third-order valence-electron chi connectivity index (χ3n) is 5.27. The average molecular weight is 461 g/mol. The largest absolute Gasteiger partial charge is 0.480 e. The van der Waals surface area contributed by atoms with Gasteiger partial charge in [-0.2, -0.15) is 0 Å². The number of aliphatic carboxylic acids is 4. The molecule has 0 bridgehead atoms. The van der Waals surface area contributed by atoms with Gasteiger partial charge in [0.15, 0.2) is 0 Å². The van der Waals surface area contributed by atoms with Gasteiger partial charge in [0.25, 0.3) is 0 Å². The van der Waals surface area contributed by atoms with Gasteiger partial charge in [0.05, 0.1) is 26.2 Å². The molecule has 0 heterocycles. The van der Waals surface area contributed by atoms with Gasteiger partial charge in [-0.05, 0) is 6.42 Å². The molecule has 1 unspecified atom stereocenters. The molecule has 32 heavy (non-hydrogen) atoms. The van der Waals surface area contributed by atoms with Gasteiger partial charge in [-0.3, -0.25) is 29.0 Å². The fraction of sp³-hybridized carbons (Fsp3) is 0.818. The first-order chi connectivity index (χ1) is 15.1. The first-order valence-electron chi connectivity index (χ1n) is 11.5. The summed E-state index contributed by atoms with van der Waals surface area (Å²) < 4.78 is 0. The number of unbranched alkanes of at least 4 members (excludes halogenated alkanes) is 9. The van der Waals surface area contributed by atoms with E-state index in [1.807, 2.05) is 0 Å². The Balaban J connectivity index is 4.85. The van der Waals surface area contributed by atoms with E-state index in [0.29, 0.717) is 6.42 Å². The molecule has 186 valence electrons. The smallest absolute Gasteiger partial charge is 0.317 e. The zero-order valence-electron chi connectivity index (χ0n) is 19.2. The van der Waals surface area contributed by atoms with Crippen LogP contribution >= 0.6 is 0 Å². The topological polar surface area (TPSA) is 156 Å². The van der Waals surface area contributed by atoms with E-state index in [2.05, 4.69) is 6.92 Å². The summed E-state index contributed by atoms with van der Waals surface area (Å²) in [6.45, 7) is 0.0928. The second-order valence-corrected chi connectivity index (χ2v) is 8.27. The highest BCUT2D eigenvalue weighted by molar-refractivity contribution is 5.73.